The van der Waals surface area contributed by atoms with Gasteiger partial charge in [-0.1, -0.05) is 30.3 Å². The number of nitrogens with zero attached hydrogens (tertiary/aromatic N) is 5. The topological polar surface area (TPSA) is 65.1 Å². The molecular formula is C20H25N5O2. The molecule has 0 bridgehead atoms. The Morgan fingerprint density at radius 2 is 1.74 bits per heavy atom. The number of aromatic nitrogens is 4. The Labute approximate surface area is 157 Å². The molecule has 0 atom stereocenters. The van der Waals surface area contributed by atoms with Gasteiger partial charge in [-0.15, -0.1) is 0 Å². The van der Waals surface area contributed by atoms with Gasteiger partial charge in [0.25, 0.3) is 5.56 Å². The quantitative estimate of drug-likeness (QED) is 0.709. The van der Waals surface area contributed by atoms with Crippen LogP contribution in [0.5, 0.6) is 0 Å². The van der Waals surface area contributed by atoms with Crippen molar-refractivity contribution < 1.29 is 0 Å². The highest BCUT2D eigenvalue weighted by Crippen LogP contribution is 2.26. The maximum Gasteiger partial charge on any atom is 0.332 e. The molecule has 0 spiro atoms. The van der Waals surface area contributed by atoms with Gasteiger partial charge in [0.1, 0.15) is 0 Å². The third-order valence-corrected chi connectivity index (χ3v) is 5.25. The summed E-state index contributed by atoms with van der Waals surface area (Å²) in [5, 5.41) is 0. The summed E-state index contributed by atoms with van der Waals surface area (Å²) in [4.78, 5) is 33.1. The fourth-order valence-electron chi connectivity index (χ4n) is 3.86. The number of rotatable bonds is 4. The van der Waals surface area contributed by atoms with Crippen LogP contribution in [-0.4, -0.2) is 31.8 Å². The number of imidazole rings is 1. The zero-order valence-corrected chi connectivity index (χ0v) is 16.1. The van der Waals surface area contributed by atoms with Crippen molar-refractivity contribution in [2.45, 2.75) is 39.3 Å². The highest BCUT2D eigenvalue weighted by Gasteiger charge is 2.26. The summed E-state index contributed by atoms with van der Waals surface area (Å²) in [6.45, 7) is 6.22. The molecule has 0 saturated carbocycles. The lowest BCUT2D eigenvalue weighted by atomic mass is 10.2. The second-order valence-electron chi connectivity index (χ2n) is 7.46. The largest absolute Gasteiger partial charge is 0.342 e. The SMILES string of the molecule is CC(C)n1c(N2CCCC2)nc2c1c(=O)n(Cc1ccccc1)c(=O)n2C. The number of benzene rings is 1. The summed E-state index contributed by atoms with van der Waals surface area (Å²) in [5.74, 6) is 0.794. The van der Waals surface area contributed by atoms with Crippen LogP contribution < -0.4 is 16.1 Å². The lowest BCUT2D eigenvalue weighted by molar-refractivity contribution is 0.599. The third kappa shape index (κ3) is 2.87. The maximum absolute atomic E-state index is 13.3. The Balaban J connectivity index is 1.98. The number of hydrogen-bond acceptors (Lipinski definition) is 4. The van der Waals surface area contributed by atoms with E-state index in [0.717, 1.165) is 37.4 Å². The van der Waals surface area contributed by atoms with E-state index in [4.69, 9.17) is 4.98 Å². The van der Waals surface area contributed by atoms with E-state index in [0.29, 0.717) is 11.2 Å². The fourth-order valence-corrected chi connectivity index (χ4v) is 3.86. The monoisotopic (exact) mass is 367 g/mol. The number of aryl methyl sites for hydroxylation is 1. The van der Waals surface area contributed by atoms with Crippen LogP contribution in [0, 0.1) is 0 Å². The van der Waals surface area contributed by atoms with Crippen LogP contribution >= 0.6 is 0 Å². The van der Waals surface area contributed by atoms with E-state index in [2.05, 4.69) is 4.90 Å². The Kier molecular flexibility index (Phi) is 4.37. The Bertz CT molecular complexity index is 1090. The molecular weight excluding hydrogens is 342 g/mol. The molecule has 0 N–H and O–H groups in total. The van der Waals surface area contributed by atoms with E-state index in [1.807, 2.05) is 48.7 Å². The van der Waals surface area contributed by atoms with E-state index in [1.54, 1.807) is 7.05 Å². The molecule has 1 saturated heterocycles. The van der Waals surface area contributed by atoms with Crippen molar-refractivity contribution in [1.82, 2.24) is 18.7 Å². The number of hydrogen-bond donors (Lipinski definition) is 0. The minimum atomic E-state index is -0.335. The molecule has 3 heterocycles. The predicted molar refractivity (Wildman–Crippen MR) is 107 cm³/mol. The van der Waals surface area contributed by atoms with Crippen LogP contribution in [0.2, 0.25) is 0 Å². The normalized spacial score (nSPS) is 14.6. The number of fused-ring (bicyclic) bond motifs is 1. The van der Waals surface area contributed by atoms with Crippen molar-refractivity contribution in [3.05, 3.63) is 56.7 Å². The molecule has 0 unspecified atom stereocenters. The van der Waals surface area contributed by atoms with E-state index in [-0.39, 0.29) is 23.8 Å². The van der Waals surface area contributed by atoms with Gasteiger partial charge in [-0.05, 0) is 32.3 Å². The van der Waals surface area contributed by atoms with Crippen molar-refractivity contribution in [3.8, 4) is 0 Å². The molecule has 1 aliphatic rings. The highest BCUT2D eigenvalue weighted by molar-refractivity contribution is 5.75. The predicted octanol–water partition coefficient (Wildman–Crippen LogP) is 2.13. The van der Waals surface area contributed by atoms with Gasteiger partial charge in [0.05, 0.1) is 6.54 Å². The second kappa shape index (κ2) is 6.72. The van der Waals surface area contributed by atoms with E-state index in [9.17, 15) is 9.59 Å². The standard InChI is InChI=1S/C20H25N5O2/c1-14(2)25-16-17(21-19(25)23-11-7-8-12-23)22(3)20(27)24(18(16)26)13-15-9-5-4-6-10-15/h4-6,9-10,14H,7-8,11-13H2,1-3H3. The highest BCUT2D eigenvalue weighted by atomic mass is 16.2. The summed E-state index contributed by atoms with van der Waals surface area (Å²) in [6.07, 6.45) is 2.25. The van der Waals surface area contributed by atoms with Crippen molar-refractivity contribution in [2.75, 3.05) is 18.0 Å². The van der Waals surface area contributed by atoms with Gasteiger partial charge in [-0.25, -0.2) is 4.79 Å². The van der Waals surface area contributed by atoms with Gasteiger partial charge in [-0.3, -0.25) is 13.9 Å². The molecule has 4 rings (SSSR count). The van der Waals surface area contributed by atoms with Gasteiger partial charge >= 0.3 is 5.69 Å². The van der Waals surface area contributed by atoms with Gasteiger partial charge in [0.15, 0.2) is 11.2 Å². The first-order valence-corrected chi connectivity index (χ1v) is 9.49. The summed E-state index contributed by atoms with van der Waals surface area (Å²) >= 11 is 0. The van der Waals surface area contributed by atoms with Gasteiger partial charge in [0.2, 0.25) is 5.95 Å². The molecule has 0 radical (unpaired) electrons. The van der Waals surface area contributed by atoms with Crippen molar-refractivity contribution in [2.24, 2.45) is 7.05 Å². The van der Waals surface area contributed by atoms with Crippen molar-refractivity contribution >= 4 is 17.1 Å². The van der Waals surface area contributed by atoms with E-state index < -0.39 is 0 Å². The Hall–Kier alpha value is -2.83. The molecule has 0 aliphatic carbocycles. The van der Waals surface area contributed by atoms with Crippen LogP contribution in [0.1, 0.15) is 38.3 Å². The molecule has 3 aromatic rings. The first-order valence-electron chi connectivity index (χ1n) is 9.49. The molecule has 7 nitrogen and oxygen atoms in total. The zero-order chi connectivity index (χ0) is 19.1. The number of anilines is 1. The van der Waals surface area contributed by atoms with Crippen LogP contribution in [-0.2, 0) is 13.6 Å². The van der Waals surface area contributed by atoms with Crippen molar-refractivity contribution in [1.29, 1.82) is 0 Å². The zero-order valence-electron chi connectivity index (χ0n) is 16.1. The van der Waals surface area contributed by atoms with Gasteiger partial charge < -0.3 is 9.47 Å². The third-order valence-electron chi connectivity index (χ3n) is 5.25. The van der Waals surface area contributed by atoms with Crippen LogP contribution in [0.4, 0.5) is 5.95 Å². The van der Waals surface area contributed by atoms with Gasteiger partial charge in [-0.2, -0.15) is 4.98 Å². The first-order chi connectivity index (χ1) is 13.0. The molecule has 0 amide bonds. The molecule has 1 fully saturated rings. The minimum absolute atomic E-state index is 0.0703. The first kappa shape index (κ1) is 17.6. The van der Waals surface area contributed by atoms with Crippen LogP contribution in [0.25, 0.3) is 11.2 Å². The Morgan fingerprint density at radius 1 is 1.07 bits per heavy atom. The smallest absolute Gasteiger partial charge is 0.332 e. The molecule has 2 aromatic heterocycles. The van der Waals surface area contributed by atoms with Crippen molar-refractivity contribution in [3.63, 3.8) is 0 Å². The van der Waals surface area contributed by atoms with Crippen LogP contribution in [0.15, 0.2) is 39.9 Å². The molecule has 27 heavy (non-hydrogen) atoms. The molecule has 1 aliphatic heterocycles. The summed E-state index contributed by atoms with van der Waals surface area (Å²) in [7, 11) is 1.69. The van der Waals surface area contributed by atoms with E-state index in [1.165, 1.54) is 9.13 Å². The fraction of sp³-hybridized carbons (Fsp3) is 0.450. The average Bonchev–Trinajstić information content (AvgIpc) is 3.31. The Morgan fingerprint density at radius 3 is 2.37 bits per heavy atom. The lowest BCUT2D eigenvalue weighted by Gasteiger charge is -2.20. The summed E-state index contributed by atoms with van der Waals surface area (Å²) in [5.41, 5.74) is 1.28. The molecule has 7 heteroatoms. The average molecular weight is 367 g/mol. The lowest BCUT2D eigenvalue weighted by Crippen LogP contribution is -2.40. The molecule has 142 valence electrons. The van der Waals surface area contributed by atoms with Crippen LogP contribution in [0.3, 0.4) is 0 Å². The molecule has 1 aromatic carbocycles. The van der Waals surface area contributed by atoms with Gasteiger partial charge in [0, 0.05) is 26.2 Å². The maximum atomic E-state index is 13.3. The van der Waals surface area contributed by atoms with E-state index >= 15 is 0 Å². The second-order valence-corrected chi connectivity index (χ2v) is 7.46. The summed E-state index contributed by atoms with van der Waals surface area (Å²) in [6, 6.07) is 9.65. The minimum Gasteiger partial charge on any atom is -0.342 e. The summed E-state index contributed by atoms with van der Waals surface area (Å²) < 4.78 is 4.80.